The number of anilines is 2. The summed E-state index contributed by atoms with van der Waals surface area (Å²) >= 11 is 0. The number of para-hydroxylation sites is 1. The van der Waals surface area contributed by atoms with Crippen molar-refractivity contribution in [2.75, 3.05) is 17.2 Å². The van der Waals surface area contributed by atoms with E-state index in [0.29, 0.717) is 28.1 Å². The SMILES string of the molecule is O=C1COc2cc(NC(=O)c3cc4ccccc4oc3=O)ccc2N1. The van der Waals surface area contributed by atoms with Crippen molar-refractivity contribution in [2.24, 2.45) is 0 Å². The summed E-state index contributed by atoms with van der Waals surface area (Å²) in [6.45, 7) is -0.0847. The normalized spacial score (nSPS) is 12.9. The van der Waals surface area contributed by atoms with Crippen LogP contribution in [0.2, 0.25) is 0 Å². The average Bonchev–Trinajstić information content (AvgIpc) is 2.61. The van der Waals surface area contributed by atoms with Crippen molar-refractivity contribution in [3.8, 4) is 5.75 Å². The molecule has 0 aliphatic carbocycles. The number of fused-ring (bicyclic) bond motifs is 2. The first-order valence-electron chi connectivity index (χ1n) is 7.51. The molecule has 4 rings (SSSR count). The Kier molecular flexibility index (Phi) is 3.46. The molecule has 7 nitrogen and oxygen atoms in total. The van der Waals surface area contributed by atoms with E-state index in [4.69, 9.17) is 9.15 Å². The number of carbonyl (C=O) groups is 2. The van der Waals surface area contributed by atoms with Gasteiger partial charge in [-0.05, 0) is 24.3 Å². The van der Waals surface area contributed by atoms with E-state index >= 15 is 0 Å². The number of nitrogens with one attached hydrogen (secondary N) is 2. The molecule has 0 bridgehead atoms. The zero-order valence-electron chi connectivity index (χ0n) is 12.9. The number of amides is 2. The Balaban J connectivity index is 1.63. The largest absolute Gasteiger partial charge is 0.482 e. The molecule has 0 radical (unpaired) electrons. The van der Waals surface area contributed by atoms with Gasteiger partial charge >= 0.3 is 5.63 Å². The van der Waals surface area contributed by atoms with Crippen molar-refractivity contribution in [2.45, 2.75) is 0 Å². The van der Waals surface area contributed by atoms with Crippen molar-refractivity contribution in [1.82, 2.24) is 0 Å². The third-order valence-electron chi connectivity index (χ3n) is 3.76. The van der Waals surface area contributed by atoms with Gasteiger partial charge < -0.3 is 19.8 Å². The standard InChI is InChI=1S/C18H12N2O5/c21-16-9-24-15-8-11(5-6-13(15)20-16)19-17(22)12-7-10-3-1-2-4-14(10)25-18(12)23/h1-8H,9H2,(H,19,22)(H,20,21). The fourth-order valence-corrected chi connectivity index (χ4v) is 2.57. The van der Waals surface area contributed by atoms with Crippen LogP contribution in [0.4, 0.5) is 11.4 Å². The van der Waals surface area contributed by atoms with Gasteiger partial charge in [0.05, 0.1) is 5.69 Å². The van der Waals surface area contributed by atoms with Crippen molar-refractivity contribution >= 4 is 34.2 Å². The van der Waals surface area contributed by atoms with Gasteiger partial charge in [0.25, 0.3) is 11.8 Å². The van der Waals surface area contributed by atoms with Gasteiger partial charge in [-0.25, -0.2) is 4.79 Å². The van der Waals surface area contributed by atoms with E-state index in [1.165, 1.54) is 6.07 Å². The van der Waals surface area contributed by atoms with E-state index in [2.05, 4.69) is 10.6 Å². The second-order valence-corrected chi connectivity index (χ2v) is 5.49. The molecule has 0 unspecified atom stereocenters. The topological polar surface area (TPSA) is 97.6 Å². The predicted molar refractivity (Wildman–Crippen MR) is 91.0 cm³/mol. The van der Waals surface area contributed by atoms with E-state index in [1.807, 2.05) is 0 Å². The van der Waals surface area contributed by atoms with Crippen molar-refractivity contribution in [3.05, 3.63) is 64.5 Å². The van der Waals surface area contributed by atoms with Gasteiger partial charge in [0.1, 0.15) is 16.9 Å². The molecule has 124 valence electrons. The van der Waals surface area contributed by atoms with E-state index in [1.54, 1.807) is 42.5 Å². The van der Waals surface area contributed by atoms with Crippen LogP contribution in [-0.2, 0) is 4.79 Å². The maximum absolute atomic E-state index is 12.4. The van der Waals surface area contributed by atoms with Crippen LogP contribution in [0.3, 0.4) is 0 Å². The fraction of sp³-hybridized carbons (Fsp3) is 0.0556. The lowest BCUT2D eigenvalue weighted by atomic mass is 10.1. The maximum atomic E-state index is 12.4. The molecular weight excluding hydrogens is 324 g/mol. The molecule has 2 amide bonds. The minimum Gasteiger partial charge on any atom is -0.482 e. The molecule has 1 aliphatic heterocycles. The molecule has 7 heteroatoms. The smallest absolute Gasteiger partial charge is 0.349 e. The van der Waals surface area contributed by atoms with Crippen LogP contribution in [0.15, 0.2) is 57.7 Å². The van der Waals surface area contributed by atoms with E-state index in [-0.39, 0.29) is 18.1 Å². The lowest BCUT2D eigenvalue weighted by Crippen LogP contribution is -2.25. The first-order chi connectivity index (χ1) is 12.1. The summed E-state index contributed by atoms with van der Waals surface area (Å²) < 4.78 is 10.5. The van der Waals surface area contributed by atoms with Crippen molar-refractivity contribution < 1.29 is 18.7 Å². The highest BCUT2D eigenvalue weighted by atomic mass is 16.5. The molecule has 0 atom stereocenters. The van der Waals surface area contributed by atoms with Crippen LogP contribution in [0.25, 0.3) is 11.0 Å². The minimum absolute atomic E-state index is 0.0847. The van der Waals surface area contributed by atoms with Crippen molar-refractivity contribution in [3.63, 3.8) is 0 Å². The summed E-state index contributed by atoms with van der Waals surface area (Å²) in [6, 6.07) is 13.2. The van der Waals surface area contributed by atoms with Gasteiger partial charge in [-0.1, -0.05) is 18.2 Å². The Morgan fingerprint density at radius 1 is 1.08 bits per heavy atom. The predicted octanol–water partition coefficient (Wildman–Crippen LogP) is 2.38. The van der Waals surface area contributed by atoms with Gasteiger partial charge in [-0.3, -0.25) is 9.59 Å². The van der Waals surface area contributed by atoms with E-state index < -0.39 is 11.5 Å². The van der Waals surface area contributed by atoms with Crippen LogP contribution in [-0.4, -0.2) is 18.4 Å². The van der Waals surface area contributed by atoms with Crippen LogP contribution >= 0.6 is 0 Å². The number of hydrogen-bond donors (Lipinski definition) is 2. The quantitative estimate of drug-likeness (QED) is 0.700. The molecule has 1 aliphatic rings. The highest BCUT2D eigenvalue weighted by molar-refractivity contribution is 6.06. The molecule has 2 N–H and O–H groups in total. The van der Waals surface area contributed by atoms with Crippen LogP contribution in [0, 0.1) is 0 Å². The summed E-state index contributed by atoms with van der Waals surface area (Å²) in [5, 5.41) is 5.95. The first-order valence-corrected chi connectivity index (χ1v) is 7.51. The number of carbonyl (C=O) groups excluding carboxylic acids is 2. The lowest BCUT2D eigenvalue weighted by Gasteiger charge is -2.18. The Morgan fingerprint density at radius 3 is 2.80 bits per heavy atom. The van der Waals surface area contributed by atoms with E-state index in [0.717, 1.165) is 0 Å². The van der Waals surface area contributed by atoms with Gasteiger partial charge in [0.15, 0.2) is 6.61 Å². The molecule has 0 saturated carbocycles. The molecular formula is C18H12N2O5. The molecule has 0 fully saturated rings. The van der Waals surface area contributed by atoms with Crippen molar-refractivity contribution in [1.29, 1.82) is 0 Å². The second kappa shape index (κ2) is 5.79. The average molecular weight is 336 g/mol. The molecule has 2 heterocycles. The molecule has 1 aromatic heterocycles. The lowest BCUT2D eigenvalue weighted by molar-refractivity contribution is -0.118. The number of benzene rings is 2. The third-order valence-corrected chi connectivity index (χ3v) is 3.76. The molecule has 3 aromatic rings. The zero-order valence-corrected chi connectivity index (χ0v) is 12.9. The Morgan fingerprint density at radius 2 is 1.92 bits per heavy atom. The minimum atomic E-state index is -0.710. The summed E-state index contributed by atoms with van der Waals surface area (Å²) in [7, 11) is 0. The summed E-state index contributed by atoms with van der Waals surface area (Å²) in [6.07, 6.45) is 0. The second-order valence-electron chi connectivity index (χ2n) is 5.49. The molecule has 25 heavy (non-hydrogen) atoms. The summed E-state index contributed by atoms with van der Waals surface area (Å²) in [5.41, 5.74) is 0.581. The van der Waals surface area contributed by atoms with E-state index in [9.17, 15) is 14.4 Å². The highest BCUT2D eigenvalue weighted by Crippen LogP contribution is 2.30. The molecule has 0 spiro atoms. The van der Waals surface area contributed by atoms with Crippen LogP contribution in [0.1, 0.15) is 10.4 Å². The third kappa shape index (κ3) is 2.83. The number of hydrogen-bond acceptors (Lipinski definition) is 5. The maximum Gasteiger partial charge on any atom is 0.349 e. The summed E-state index contributed by atoms with van der Waals surface area (Å²) in [4.78, 5) is 35.7. The van der Waals surface area contributed by atoms with Gasteiger partial charge in [0, 0.05) is 17.1 Å². The van der Waals surface area contributed by atoms with Gasteiger partial charge in [-0.2, -0.15) is 0 Å². The van der Waals surface area contributed by atoms with Gasteiger partial charge in [0.2, 0.25) is 0 Å². The fourth-order valence-electron chi connectivity index (χ4n) is 2.57. The molecule has 0 saturated heterocycles. The van der Waals surface area contributed by atoms with Gasteiger partial charge in [-0.15, -0.1) is 0 Å². The Bertz CT molecular complexity index is 1070. The highest BCUT2D eigenvalue weighted by Gasteiger charge is 2.18. The van der Waals surface area contributed by atoms with Crippen LogP contribution < -0.4 is 21.0 Å². The number of rotatable bonds is 2. The monoisotopic (exact) mass is 336 g/mol. The summed E-state index contributed by atoms with van der Waals surface area (Å²) in [5.74, 6) is -0.375. The van der Waals surface area contributed by atoms with Crippen LogP contribution in [0.5, 0.6) is 5.75 Å². The number of ether oxygens (including phenoxy) is 1. The zero-order chi connectivity index (χ0) is 17.4. The molecule has 2 aromatic carbocycles. The first kappa shape index (κ1) is 14.9. The Hall–Kier alpha value is -3.61. The Labute approximate surface area is 141 Å².